The van der Waals surface area contributed by atoms with Gasteiger partial charge in [-0.25, -0.2) is 0 Å². The number of rotatable bonds is 6. The van der Waals surface area contributed by atoms with Crippen molar-refractivity contribution in [2.24, 2.45) is 5.73 Å². The van der Waals surface area contributed by atoms with Crippen LogP contribution in [0.3, 0.4) is 0 Å². The van der Waals surface area contributed by atoms with Crippen molar-refractivity contribution in [1.82, 2.24) is 14.7 Å². The number of hydrogen-bond donors (Lipinski definition) is 1. The van der Waals surface area contributed by atoms with Gasteiger partial charge in [0.25, 0.3) is 0 Å². The molecule has 0 radical (unpaired) electrons. The molecule has 0 spiro atoms. The molecular formula is C17H30N4. The third kappa shape index (κ3) is 3.86. The summed E-state index contributed by atoms with van der Waals surface area (Å²) in [4.78, 5) is 2.57. The highest BCUT2D eigenvalue weighted by molar-refractivity contribution is 5.01. The maximum Gasteiger partial charge on any atom is 0.0765 e. The fourth-order valence-electron chi connectivity index (χ4n) is 4.04. The van der Waals surface area contributed by atoms with E-state index in [2.05, 4.69) is 21.8 Å². The first-order valence-electron chi connectivity index (χ1n) is 8.85. The van der Waals surface area contributed by atoms with Gasteiger partial charge in [-0.3, -0.25) is 9.58 Å². The van der Waals surface area contributed by atoms with Gasteiger partial charge >= 0.3 is 0 Å². The molecule has 118 valence electrons. The Labute approximate surface area is 128 Å². The Bertz CT molecular complexity index is 416. The first-order chi connectivity index (χ1) is 10.4. The summed E-state index contributed by atoms with van der Waals surface area (Å²) in [5.74, 6) is 0. The molecule has 2 N–H and O–H groups in total. The molecule has 21 heavy (non-hydrogen) atoms. The zero-order chi connectivity index (χ0) is 14.5. The molecular weight excluding hydrogens is 260 g/mol. The molecule has 4 nitrogen and oxygen atoms in total. The molecule has 0 bridgehead atoms. The van der Waals surface area contributed by atoms with E-state index in [1.807, 2.05) is 0 Å². The van der Waals surface area contributed by atoms with E-state index in [0.717, 1.165) is 25.7 Å². The minimum absolute atomic E-state index is 0.649. The first kappa shape index (κ1) is 15.0. The molecule has 0 aliphatic heterocycles. The van der Waals surface area contributed by atoms with Crippen LogP contribution in [0.15, 0.2) is 12.3 Å². The largest absolute Gasteiger partial charge is 0.329 e. The van der Waals surface area contributed by atoms with Crippen LogP contribution >= 0.6 is 0 Å². The lowest BCUT2D eigenvalue weighted by molar-refractivity contribution is 0.150. The Morgan fingerprint density at radius 1 is 1.10 bits per heavy atom. The lowest BCUT2D eigenvalue weighted by Gasteiger charge is -2.33. The van der Waals surface area contributed by atoms with Crippen LogP contribution < -0.4 is 5.73 Å². The molecule has 3 rings (SSSR count). The van der Waals surface area contributed by atoms with Gasteiger partial charge in [0.05, 0.1) is 11.7 Å². The van der Waals surface area contributed by atoms with E-state index in [1.165, 1.54) is 63.5 Å². The van der Waals surface area contributed by atoms with Crippen molar-refractivity contribution in [3.05, 3.63) is 18.0 Å². The van der Waals surface area contributed by atoms with Crippen LogP contribution in [0.25, 0.3) is 0 Å². The number of hydrogen-bond acceptors (Lipinski definition) is 3. The van der Waals surface area contributed by atoms with Gasteiger partial charge in [0, 0.05) is 31.9 Å². The van der Waals surface area contributed by atoms with Gasteiger partial charge in [-0.15, -0.1) is 0 Å². The van der Waals surface area contributed by atoms with Crippen molar-refractivity contribution in [2.45, 2.75) is 76.4 Å². The van der Waals surface area contributed by atoms with E-state index in [0.29, 0.717) is 6.04 Å². The van der Waals surface area contributed by atoms with Gasteiger partial charge in [-0.1, -0.05) is 32.1 Å². The molecule has 1 aromatic rings. The Hall–Kier alpha value is -0.870. The highest BCUT2D eigenvalue weighted by Crippen LogP contribution is 2.29. The Kier molecular flexibility index (Phi) is 5.31. The summed E-state index contributed by atoms with van der Waals surface area (Å²) in [6.07, 6.45) is 14.3. The topological polar surface area (TPSA) is 47.1 Å². The van der Waals surface area contributed by atoms with Gasteiger partial charge in [0.2, 0.25) is 0 Å². The third-order valence-electron chi connectivity index (χ3n) is 5.23. The molecule has 0 amide bonds. The molecule has 4 heteroatoms. The summed E-state index contributed by atoms with van der Waals surface area (Å²) in [6, 6.07) is 3.58. The number of nitrogens with zero attached hydrogens (tertiary/aromatic N) is 3. The highest BCUT2D eigenvalue weighted by Gasteiger charge is 2.22. The maximum atomic E-state index is 5.83. The quantitative estimate of drug-likeness (QED) is 0.876. The monoisotopic (exact) mass is 290 g/mol. The highest BCUT2D eigenvalue weighted by atomic mass is 15.3. The Morgan fingerprint density at radius 3 is 2.52 bits per heavy atom. The Morgan fingerprint density at radius 2 is 1.81 bits per heavy atom. The predicted octanol–water partition coefficient (Wildman–Crippen LogP) is 3.09. The van der Waals surface area contributed by atoms with Gasteiger partial charge in [-0.05, 0) is 31.7 Å². The SMILES string of the molecule is NCCN(Cc1ccn(C2CCCC2)n1)C1CCCCC1. The molecule has 0 saturated heterocycles. The number of nitrogens with two attached hydrogens (primary N) is 1. The van der Waals surface area contributed by atoms with Crippen molar-refractivity contribution >= 4 is 0 Å². The fraction of sp³-hybridized carbons (Fsp3) is 0.824. The second-order valence-corrected chi connectivity index (χ2v) is 6.78. The normalized spacial score (nSPS) is 21.4. The zero-order valence-corrected chi connectivity index (χ0v) is 13.2. The summed E-state index contributed by atoms with van der Waals surface area (Å²) in [5, 5.41) is 4.84. The van der Waals surface area contributed by atoms with Crippen molar-refractivity contribution in [2.75, 3.05) is 13.1 Å². The minimum atomic E-state index is 0.649. The average molecular weight is 290 g/mol. The van der Waals surface area contributed by atoms with Crippen LogP contribution in [0.5, 0.6) is 0 Å². The smallest absolute Gasteiger partial charge is 0.0765 e. The van der Waals surface area contributed by atoms with Crippen LogP contribution in [0, 0.1) is 0 Å². The van der Waals surface area contributed by atoms with Crippen LogP contribution in [0.1, 0.15) is 69.5 Å². The van der Waals surface area contributed by atoms with Crippen molar-refractivity contribution in [3.63, 3.8) is 0 Å². The van der Waals surface area contributed by atoms with Gasteiger partial charge in [0.15, 0.2) is 0 Å². The van der Waals surface area contributed by atoms with Gasteiger partial charge in [-0.2, -0.15) is 5.10 Å². The Balaban J connectivity index is 1.61. The van der Waals surface area contributed by atoms with Gasteiger partial charge < -0.3 is 5.73 Å². The van der Waals surface area contributed by atoms with Gasteiger partial charge in [0.1, 0.15) is 0 Å². The molecule has 2 saturated carbocycles. The maximum absolute atomic E-state index is 5.83. The summed E-state index contributed by atoms with van der Waals surface area (Å²) in [7, 11) is 0. The summed E-state index contributed by atoms with van der Waals surface area (Å²) >= 11 is 0. The standard InChI is InChI=1S/C17H30N4/c18-11-13-20(16-6-2-1-3-7-16)14-15-10-12-21(19-15)17-8-4-5-9-17/h10,12,16-17H,1-9,11,13-14,18H2. The third-order valence-corrected chi connectivity index (χ3v) is 5.23. The molecule has 0 unspecified atom stereocenters. The van der Waals surface area contributed by atoms with Crippen LogP contribution in [-0.4, -0.2) is 33.8 Å². The van der Waals surface area contributed by atoms with Crippen LogP contribution in [0.2, 0.25) is 0 Å². The molecule has 0 aromatic carbocycles. The van der Waals surface area contributed by atoms with E-state index in [1.54, 1.807) is 0 Å². The van der Waals surface area contributed by atoms with Crippen molar-refractivity contribution in [3.8, 4) is 0 Å². The summed E-state index contributed by atoms with van der Waals surface area (Å²) in [5.41, 5.74) is 7.05. The zero-order valence-electron chi connectivity index (χ0n) is 13.2. The molecule has 1 heterocycles. The first-order valence-corrected chi connectivity index (χ1v) is 8.85. The molecule has 2 aliphatic rings. The van der Waals surface area contributed by atoms with E-state index >= 15 is 0 Å². The summed E-state index contributed by atoms with van der Waals surface area (Å²) < 4.78 is 2.21. The summed E-state index contributed by atoms with van der Waals surface area (Å²) in [6.45, 7) is 2.72. The van der Waals surface area contributed by atoms with Crippen LogP contribution in [-0.2, 0) is 6.54 Å². The average Bonchev–Trinajstić information content (AvgIpc) is 3.19. The van der Waals surface area contributed by atoms with Crippen LogP contribution in [0.4, 0.5) is 0 Å². The lowest BCUT2D eigenvalue weighted by atomic mass is 9.94. The molecule has 2 fully saturated rings. The van der Waals surface area contributed by atoms with E-state index in [4.69, 9.17) is 10.8 Å². The molecule has 0 atom stereocenters. The second kappa shape index (κ2) is 7.41. The predicted molar refractivity (Wildman–Crippen MR) is 86.1 cm³/mol. The lowest BCUT2D eigenvalue weighted by Crippen LogP contribution is -2.39. The fourth-order valence-corrected chi connectivity index (χ4v) is 4.04. The minimum Gasteiger partial charge on any atom is -0.329 e. The van der Waals surface area contributed by atoms with Crippen molar-refractivity contribution in [1.29, 1.82) is 0 Å². The van der Waals surface area contributed by atoms with Crippen molar-refractivity contribution < 1.29 is 0 Å². The molecule has 2 aliphatic carbocycles. The van der Waals surface area contributed by atoms with E-state index in [-0.39, 0.29) is 0 Å². The number of aromatic nitrogens is 2. The second-order valence-electron chi connectivity index (χ2n) is 6.78. The van der Waals surface area contributed by atoms with E-state index in [9.17, 15) is 0 Å². The molecule has 1 aromatic heterocycles. The van der Waals surface area contributed by atoms with E-state index < -0.39 is 0 Å².